The van der Waals surface area contributed by atoms with Gasteiger partial charge in [0.25, 0.3) is 5.91 Å². The van der Waals surface area contributed by atoms with Crippen molar-refractivity contribution in [2.24, 2.45) is 0 Å². The van der Waals surface area contributed by atoms with Gasteiger partial charge in [-0.3, -0.25) is 4.79 Å². The van der Waals surface area contributed by atoms with Crippen molar-refractivity contribution in [1.82, 2.24) is 0 Å². The fourth-order valence-corrected chi connectivity index (χ4v) is 1.64. The Labute approximate surface area is 87.7 Å². The first kappa shape index (κ1) is 9.58. The van der Waals surface area contributed by atoms with E-state index in [0.29, 0.717) is 17.0 Å². The highest BCUT2D eigenvalue weighted by Gasteiger charge is 2.26. The van der Waals surface area contributed by atoms with Crippen molar-refractivity contribution in [2.45, 2.75) is 6.92 Å². The number of fused-ring (bicyclic) bond motifs is 1. The third-order valence-electron chi connectivity index (χ3n) is 2.45. The molecule has 1 aromatic carbocycles. The lowest BCUT2D eigenvalue weighted by atomic mass is 10.1. The summed E-state index contributed by atoms with van der Waals surface area (Å²) in [5.41, 5.74) is 8.45. The molecule has 15 heavy (non-hydrogen) atoms. The van der Waals surface area contributed by atoms with E-state index in [1.165, 1.54) is 0 Å². The molecular weight excluding hydrogens is 192 g/mol. The third-order valence-corrected chi connectivity index (χ3v) is 2.45. The summed E-state index contributed by atoms with van der Waals surface area (Å²) in [6.45, 7) is 1.76. The summed E-state index contributed by atoms with van der Waals surface area (Å²) in [5, 5.41) is 2.76. The molecule has 0 saturated heterocycles. The van der Waals surface area contributed by atoms with Gasteiger partial charge in [-0.05, 0) is 25.1 Å². The molecule has 78 valence electrons. The van der Waals surface area contributed by atoms with E-state index in [-0.39, 0.29) is 5.91 Å². The van der Waals surface area contributed by atoms with E-state index in [0.717, 1.165) is 11.3 Å². The van der Waals surface area contributed by atoms with Gasteiger partial charge in [0, 0.05) is 16.9 Å². The number of nitrogens with two attached hydrogens (primary N) is 1. The van der Waals surface area contributed by atoms with Gasteiger partial charge in [-0.2, -0.15) is 0 Å². The number of carbonyl (C=O) groups is 1. The maximum absolute atomic E-state index is 11.7. The van der Waals surface area contributed by atoms with Gasteiger partial charge in [0.05, 0.1) is 12.7 Å². The molecule has 1 aromatic rings. The van der Waals surface area contributed by atoms with Gasteiger partial charge in [-0.1, -0.05) is 0 Å². The molecule has 0 saturated carbocycles. The van der Waals surface area contributed by atoms with Gasteiger partial charge in [0.15, 0.2) is 0 Å². The van der Waals surface area contributed by atoms with E-state index in [1.54, 1.807) is 32.2 Å². The molecule has 4 heteroatoms. The van der Waals surface area contributed by atoms with Crippen molar-refractivity contribution >= 4 is 22.9 Å². The van der Waals surface area contributed by atoms with E-state index in [1.807, 2.05) is 0 Å². The Bertz CT molecular complexity index is 464. The molecule has 4 nitrogen and oxygen atoms in total. The number of hydrogen-bond donors (Lipinski definition) is 2. The van der Waals surface area contributed by atoms with Crippen LogP contribution in [-0.2, 0) is 9.53 Å². The Morgan fingerprint density at radius 2 is 2.20 bits per heavy atom. The number of nitrogen functional groups attached to an aromatic ring is 1. The Hall–Kier alpha value is -1.97. The zero-order valence-corrected chi connectivity index (χ0v) is 8.63. The molecule has 1 aliphatic heterocycles. The van der Waals surface area contributed by atoms with Crippen LogP contribution in [0.4, 0.5) is 11.4 Å². The molecule has 0 aliphatic carbocycles. The van der Waals surface area contributed by atoms with Crippen molar-refractivity contribution < 1.29 is 9.53 Å². The Kier molecular flexibility index (Phi) is 2.11. The van der Waals surface area contributed by atoms with E-state index in [2.05, 4.69) is 5.32 Å². The molecule has 0 spiro atoms. The number of nitrogens with one attached hydrogen (secondary N) is 1. The van der Waals surface area contributed by atoms with Gasteiger partial charge < -0.3 is 15.8 Å². The van der Waals surface area contributed by atoms with Crippen molar-refractivity contribution in [3.63, 3.8) is 0 Å². The molecule has 1 aliphatic rings. The number of anilines is 2. The third kappa shape index (κ3) is 1.44. The molecule has 1 heterocycles. The average molecular weight is 204 g/mol. The second kappa shape index (κ2) is 3.31. The maximum atomic E-state index is 11.7. The minimum Gasteiger partial charge on any atom is -0.501 e. The van der Waals surface area contributed by atoms with Crippen molar-refractivity contribution in [3.05, 3.63) is 29.5 Å². The number of ether oxygens (including phenoxy) is 1. The van der Waals surface area contributed by atoms with Crippen LogP contribution < -0.4 is 11.1 Å². The molecule has 0 radical (unpaired) electrons. The fourth-order valence-electron chi connectivity index (χ4n) is 1.64. The minimum absolute atomic E-state index is 0.144. The van der Waals surface area contributed by atoms with Crippen LogP contribution in [0.2, 0.25) is 0 Å². The van der Waals surface area contributed by atoms with Crippen LogP contribution in [0.25, 0.3) is 5.57 Å². The molecule has 0 unspecified atom stereocenters. The standard InChI is InChI=1S/C11H12N2O2/c1-6(15-2)10-8-5-7(12)3-4-9(8)13-11(10)14/h3-5H,12H2,1-2H3,(H,13,14). The Balaban J connectivity index is 2.63. The Morgan fingerprint density at radius 1 is 1.47 bits per heavy atom. The molecule has 3 N–H and O–H groups in total. The van der Waals surface area contributed by atoms with Gasteiger partial charge >= 0.3 is 0 Å². The van der Waals surface area contributed by atoms with Gasteiger partial charge in [-0.15, -0.1) is 0 Å². The molecule has 0 aromatic heterocycles. The molecule has 0 atom stereocenters. The van der Waals surface area contributed by atoms with Crippen molar-refractivity contribution in [1.29, 1.82) is 0 Å². The first-order valence-corrected chi connectivity index (χ1v) is 4.59. The number of hydrogen-bond acceptors (Lipinski definition) is 3. The van der Waals surface area contributed by atoms with Crippen molar-refractivity contribution in [3.8, 4) is 0 Å². The topological polar surface area (TPSA) is 64.3 Å². The fraction of sp³-hybridized carbons (Fsp3) is 0.182. The normalized spacial score (nSPS) is 17.1. The summed E-state index contributed by atoms with van der Waals surface area (Å²) in [4.78, 5) is 11.7. The van der Waals surface area contributed by atoms with Crippen LogP contribution in [0.15, 0.2) is 24.0 Å². The summed E-state index contributed by atoms with van der Waals surface area (Å²) in [6.07, 6.45) is 0. The number of carbonyl (C=O) groups excluding carboxylic acids is 1. The number of benzene rings is 1. The number of methoxy groups -OCH3 is 1. The first-order valence-electron chi connectivity index (χ1n) is 4.59. The maximum Gasteiger partial charge on any atom is 0.259 e. The van der Waals surface area contributed by atoms with E-state index in [4.69, 9.17) is 10.5 Å². The molecular formula is C11H12N2O2. The van der Waals surface area contributed by atoms with Crippen LogP contribution >= 0.6 is 0 Å². The zero-order valence-electron chi connectivity index (χ0n) is 8.63. The second-order valence-corrected chi connectivity index (χ2v) is 3.39. The summed E-state index contributed by atoms with van der Waals surface area (Å²) in [5.74, 6) is 0.451. The highest BCUT2D eigenvalue weighted by molar-refractivity contribution is 6.32. The van der Waals surface area contributed by atoms with E-state index < -0.39 is 0 Å². The molecule has 2 rings (SSSR count). The van der Waals surface area contributed by atoms with Crippen LogP contribution in [0, 0.1) is 0 Å². The summed E-state index contributed by atoms with van der Waals surface area (Å²) in [6, 6.07) is 5.31. The predicted octanol–water partition coefficient (Wildman–Crippen LogP) is 1.60. The van der Waals surface area contributed by atoms with Crippen LogP contribution in [0.5, 0.6) is 0 Å². The lowest BCUT2D eigenvalue weighted by Crippen LogP contribution is -2.05. The first-order chi connectivity index (χ1) is 7.13. The van der Waals surface area contributed by atoms with Crippen LogP contribution in [-0.4, -0.2) is 13.0 Å². The minimum atomic E-state index is -0.144. The van der Waals surface area contributed by atoms with Gasteiger partial charge in [0.2, 0.25) is 0 Å². The lowest BCUT2D eigenvalue weighted by molar-refractivity contribution is -0.110. The largest absolute Gasteiger partial charge is 0.501 e. The second-order valence-electron chi connectivity index (χ2n) is 3.39. The highest BCUT2D eigenvalue weighted by Crippen LogP contribution is 2.34. The van der Waals surface area contributed by atoms with Gasteiger partial charge in [0.1, 0.15) is 5.76 Å². The van der Waals surface area contributed by atoms with E-state index >= 15 is 0 Å². The lowest BCUT2D eigenvalue weighted by Gasteiger charge is -2.03. The SMILES string of the molecule is COC(C)=C1C(=O)Nc2ccc(N)cc21. The smallest absolute Gasteiger partial charge is 0.259 e. The average Bonchev–Trinajstić information content (AvgIpc) is 2.52. The van der Waals surface area contributed by atoms with Gasteiger partial charge in [-0.25, -0.2) is 0 Å². The summed E-state index contributed by atoms with van der Waals surface area (Å²) < 4.78 is 5.08. The van der Waals surface area contributed by atoms with Crippen LogP contribution in [0.3, 0.4) is 0 Å². The number of allylic oxidation sites excluding steroid dienone is 1. The van der Waals surface area contributed by atoms with Crippen LogP contribution in [0.1, 0.15) is 12.5 Å². The summed E-state index contributed by atoms with van der Waals surface area (Å²) in [7, 11) is 1.54. The quantitative estimate of drug-likeness (QED) is 0.415. The van der Waals surface area contributed by atoms with Crippen molar-refractivity contribution in [2.75, 3.05) is 18.2 Å². The monoisotopic (exact) mass is 204 g/mol. The number of amides is 1. The molecule has 0 fully saturated rings. The zero-order chi connectivity index (χ0) is 11.0. The highest BCUT2D eigenvalue weighted by atomic mass is 16.5. The van der Waals surface area contributed by atoms with E-state index in [9.17, 15) is 4.79 Å². The predicted molar refractivity (Wildman–Crippen MR) is 59.1 cm³/mol. The summed E-state index contributed by atoms with van der Waals surface area (Å²) >= 11 is 0. The molecule has 0 bridgehead atoms. The Morgan fingerprint density at radius 3 is 2.87 bits per heavy atom. The number of rotatable bonds is 1. The molecule has 1 amide bonds.